The first-order chi connectivity index (χ1) is 13.6. The molecule has 2 heterocycles. The van der Waals surface area contributed by atoms with Crippen molar-refractivity contribution < 1.29 is 19.1 Å². The van der Waals surface area contributed by atoms with Crippen LogP contribution < -0.4 is 14.5 Å². The lowest BCUT2D eigenvalue weighted by atomic mass is 10.2. The summed E-state index contributed by atoms with van der Waals surface area (Å²) in [5, 5.41) is 0. The molecule has 0 spiro atoms. The van der Waals surface area contributed by atoms with Gasteiger partial charge in [0.25, 0.3) is 0 Å². The highest BCUT2D eigenvalue weighted by Crippen LogP contribution is 2.24. The highest BCUT2D eigenvalue weighted by molar-refractivity contribution is 5.97. The third-order valence-corrected chi connectivity index (χ3v) is 4.60. The fourth-order valence-electron chi connectivity index (χ4n) is 3.12. The molecule has 0 radical (unpaired) electrons. The van der Waals surface area contributed by atoms with E-state index in [0.717, 1.165) is 17.9 Å². The van der Waals surface area contributed by atoms with Crippen molar-refractivity contribution in [3.63, 3.8) is 0 Å². The predicted octanol–water partition coefficient (Wildman–Crippen LogP) is 2.66. The van der Waals surface area contributed by atoms with E-state index in [4.69, 9.17) is 9.47 Å². The highest BCUT2D eigenvalue weighted by atomic mass is 16.6. The van der Waals surface area contributed by atoms with Gasteiger partial charge in [-0.1, -0.05) is 6.92 Å². The van der Waals surface area contributed by atoms with Gasteiger partial charge in [-0.3, -0.25) is 9.78 Å². The van der Waals surface area contributed by atoms with Gasteiger partial charge < -0.3 is 19.3 Å². The zero-order chi connectivity index (χ0) is 19.9. The van der Waals surface area contributed by atoms with Crippen molar-refractivity contribution in [1.29, 1.82) is 0 Å². The molecule has 1 amide bonds. The number of esters is 1. The summed E-state index contributed by atoms with van der Waals surface area (Å²) >= 11 is 0. The molecule has 3 rings (SSSR count). The minimum Gasteiger partial charge on any atom is -0.479 e. The van der Waals surface area contributed by atoms with E-state index < -0.39 is 6.10 Å². The Hall–Kier alpha value is -3.09. The SMILES string of the molecule is CCOC(=O)C(CC)Oc1ccc(N2CCN(c3ccncc3)CC2=O)cc1. The first-order valence-corrected chi connectivity index (χ1v) is 9.51. The number of pyridine rings is 1. The van der Waals surface area contributed by atoms with E-state index in [2.05, 4.69) is 4.98 Å². The van der Waals surface area contributed by atoms with E-state index in [1.807, 2.05) is 36.1 Å². The Kier molecular flexibility index (Phi) is 6.47. The lowest BCUT2D eigenvalue weighted by Crippen LogP contribution is -2.50. The Morgan fingerprint density at radius 2 is 1.79 bits per heavy atom. The molecular formula is C21H25N3O4. The molecule has 0 bridgehead atoms. The predicted molar refractivity (Wildman–Crippen MR) is 107 cm³/mol. The fourth-order valence-corrected chi connectivity index (χ4v) is 3.12. The zero-order valence-electron chi connectivity index (χ0n) is 16.2. The van der Waals surface area contributed by atoms with Crippen LogP contribution in [-0.2, 0) is 14.3 Å². The van der Waals surface area contributed by atoms with Crippen LogP contribution in [0, 0.1) is 0 Å². The molecule has 148 valence electrons. The van der Waals surface area contributed by atoms with Crippen molar-refractivity contribution in [1.82, 2.24) is 4.98 Å². The molecule has 7 nitrogen and oxygen atoms in total. The maximum atomic E-state index is 12.6. The topological polar surface area (TPSA) is 72.0 Å². The molecule has 1 aliphatic rings. The van der Waals surface area contributed by atoms with Crippen LogP contribution in [0.1, 0.15) is 20.3 Å². The lowest BCUT2D eigenvalue weighted by molar-refractivity contribution is -0.151. The maximum Gasteiger partial charge on any atom is 0.347 e. The number of nitrogens with zero attached hydrogens (tertiary/aromatic N) is 3. The van der Waals surface area contributed by atoms with E-state index in [-0.39, 0.29) is 11.9 Å². The number of carbonyl (C=O) groups is 2. The number of hydrogen-bond donors (Lipinski definition) is 0. The number of benzene rings is 1. The number of aromatic nitrogens is 1. The van der Waals surface area contributed by atoms with Crippen molar-refractivity contribution in [3.8, 4) is 5.75 Å². The van der Waals surface area contributed by atoms with Crippen LogP contribution in [0.4, 0.5) is 11.4 Å². The summed E-state index contributed by atoms with van der Waals surface area (Å²) in [4.78, 5) is 32.3. The number of hydrogen-bond acceptors (Lipinski definition) is 6. The second kappa shape index (κ2) is 9.21. The highest BCUT2D eigenvalue weighted by Gasteiger charge is 2.25. The number of carbonyl (C=O) groups excluding carboxylic acids is 2. The van der Waals surface area contributed by atoms with Crippen molar-refractivity contribution in [2.24, 2.45) is 0 Å². The van der Waals surface area contributed by atoms with Gasteiger partial charge in [0.2, 0.25) is 5.91 Å². The first-order valence-electron chi connectivity index (χ1n) is 9.51. The molecule has 1 fully saturated rings. The van der Waals surface area contributed by atoms with Crippen molar-refractivity contribution in [2.75, 3.05) is 36.0 Å². The van der Waals surface area contributed by atoms with Gasteiger partial charge in [-0.2, -0.15) is 0 Å². The molecule has 1 aliphatic heterocycles. The molecule has 1 aromatic carbocycles. The molecule has 1 aromatic heterocycles. The van der Waals surface area contributed by atoms with Gasteiger partial charge in [-0.15, -0.1) is 0 Å². The van der Waals surface area contributed by atoms with Gasteiger partial charge in [0.1, 0.15) is 5.75 Å². The van der Waals surface area contributed by atoms with Crippen LogP contribution in [0.2, 0.25) is 0 Å². The third-order valence-electron chi connectivity index (χ3n) is 4.60. The normalized spacial score (nSPS) is 15.3. The molecule has 7 heteroatoms. The van der Waals surface area contributed by atoms with Crippen LogP contribution in [-0.4, -0.2) is 49.2 Å². The smallest absolute Gasteiger partial charge is 0.347 e. The Morgan fingerprint density at radius 3 is 2.39 bits per heavy atom. The van der Waals surface area contributed by atoms with Crippen LogP contribution in [0.25, 0.3) is 0 Å². The van der Waals surface area contributed by atoms with E-state index >= 15 is 0 Å². The fraction of sp³-hybridized carbons (Fsp3) is 0.381. The number of piperazine rings is 1. The van der Waals surface area contributed by atoms with Gasteiger partial charge >= 0.3 is 5.97 Å². The zero-order valence-corrected chi connectivity index (χ0v) is 16.2. The second-order valence-corrected chi connectivity index (χ2v) is 6.43. The number of anilines is 2. The second-order valence-electron chi connectivity index (χ2n) is 6.43. The largest absolute Gasteiger partial charge is 0.479 e. The van der Waals surface area contributed by atoms with Crippen LogP contribution >= 0.6 is 0 Å². The average molecular weight is 383 g/mol. The molecule has 1 unspecified atom stereocenters. The van der Waals surface area contributed by atoms with E-state index in [1.165, 1.54) is 0 Å². The summed E-state index contributed by atoms with van der Waals surface area (Å²) in [5.74, 6) is 0.248. The lowest BCUT2D eigenvalue weighted by Gasteiger charge is -2.35. The average Bonchev–Trinajstić information content (AvgIpc) is 2.73. The Morgan fingerprint density at radius 1 is 1.07 bits per heavy atom. The molecule has 28 heavy (non-hydrogen) atoms. The van der Waals surface area contributed by atoms with Crippen LogP contribution in [0.5, 0.6) is 5.75 Å². The molecule has 0 saturated carbocycles. The van der Waals surface area contributed by atoms with E-state index in [9.17, 15) is 9.59 Å². The quantitative estimate of drug-likeness (QED) is 0.685. The van der Waals surface area contributed by atoms with Gasteiger partial charge in [-0.05, 0) is 49.7 Å². The van der Waals surface area contributed by atoms with Crippen molar-refractivity contribution in [3.05, 3.63) is 48.8 Å². The summed E-state index contributed by atoms with van der Waals surface area (Å²) in [6.07, 6.45) is 3.35. The van der Waals surface area contributed by atoms with Gasteiger partial charge in [0, 0.05) is 36.9 Å². The van der Waals surface area contributed by atoms with Crippen LogP contribution in [0.15, 0.2) is 48.8 Å². The van der Waals surface area contributed by atoms with Gasteiger partial charge in [0.05, 0.1) is 13.2 Å². The molecule has 1 saturated heterocycles. The molecular weight excluding hydrogens is 358 g/mol. The minimum atomic E-state index is -0.628. The van der Waals surface area contributed by atoms with Crippen molar-refractivity contribution >= 4 is 23.3 Å². The van der Waals surface area contributed by atoms with Gasteiger partial charge in [0.15, 0.2) is 6.10 Å². The summed E-state index contributed by atoms with van der Waals surface area (Å²) in [6, 6.07) is 11.0. The number of ether oxygens (including phenoxy) is 2. The Balaban J connectivity index is 1.62. The van der Waals surface area contributed by atoms with Crippen LogP contribution in [0.3, 0.4) is 0 Å². The van der Waals surface area contributed by atoms with E-state index in [1.54, 1.807) is 36.4 Å². The summed E-state index contributed by atoms with van der Waals surface area (Å²) in [5.41, 5.74) is 1.81. The summed E-state index contributed by atoms with van der Waals surface area (Å²) in [7, 11) is 0. The molecule has 0 N–H and O–H groups in total. The first kappa shape index (κ1) is 19.7. The minimum absolute atomic E-state index is 0.0367. The third kappa shape index (κ3) is 4.60. The molecule has 1 atom stereocenters. The maximum absolute atomic E-state index is 12.6. The molecule has 2 aromatic rings. The number of rotatable bonds is 7. The monoisotopic (exact) mass is 383 g/mol. The number of amides is 1. The Bertz CT molecular complexity index is 795. The summed E-state index contributed by atoms with van der Waals surface area (Å²) < 4.78 is 10.8. The standard InChI is InChI=1S/C21H25N3O4/c1-3-19(21(26)27-4-2)28-18-7-5-17(6-8-18)24-14-13-23(15-20(24)25)16-9-11-22-12-10-16/h5-12,19H,3-4,13-15H2,1-2H3. The van der Waals surface area contributed by atoms with Gasteiger partial charge in [-0.25, -0.2) is 4.79 Å². The Labute approximate surface area is 164 Å². The summed E-state index contributed by atoms with van der Waals surface area (Å²) in [6.45, 7) is 5.63. The van der Waals surface area contributed by atoms with Crippen molar-refractivity contribution in [2.45, 2.75) is 26.4 Å². The van der Waals surface area contributed by atoms with E-state index in [0.29, 0.717) is 31.9 Å². The molecule has 0 aliphatic carbocycles.